The highest BCUT2D eigenvalue weighted by Gasteiger charge is 2.20. The molecule has 0 bridgehead atoms. The van der Waals surface area contributed by atoms with Gasteiger partial charge in [0.1, 0.15) is 12.3 Å². The summed E-state index contributed by atoms with van der Waals surface area (Å²) in [5.74, 6) is 0.117. The molecule has 5 heteroatoms. The van der Waals surface area contributed by atoms with Crippen LogP contribution < -0.4 is 15.0 Å². The summed E-state index contributed by atoms with van der Waals surface area (Å²) >= 11 is 0. The smallest absolute Gasteiger partial charge is 0.240 e. The van der Waals surface area contributed by atoms with Crippen LogP contribution in [0.15, 0.2) is 48.5 Å². The predicted octanol–water partition coefficient (Wildman–Crippen LogP) is 3.23. The van der Waals surface area contributed by atoms with Gasteiger partial charge in [-0.2, -0.15) is 0 Å². The van der Waals surface area contributed by atoms with Crippen molar-refractivity contribution in [1.29, 1.82) is 0 Å². The number of hydrogen-bond donors (Lipinski definition) is 1. The van der Waals surface area contributed by atoms with Crippen LogP contribution >= 0.6 is 0 Å². The Hall–Kier alpha value is -2.82. The van der Waals surface area contributed by atoms with Gasteiger partial charge in [-0.15, -0.1) is 0 Å². The second-order valence-electron chi connectivity index (χ2n) is 5.98. The number of hydrogen-bond acceptors (Lipinski definition) is 3. The van der Waals surface area contributed by atoms with Crippen LogP contribution in [0.25, 0.3) is 0 Å². The van der Waals surface area contributed by atoms with Gasteiger partial charge < -0.3 is 10.1 Å². The number of rotatable bonds is 6. The molecule has 1 atom stereocenters. The number of ether oxygens (including phenoxy) is 1. The van der Waals surface area contributed by atoms with Gasteiger partial charge in [0, 0.05) is 6.92 Å². The van der Waals surface area contributed by atoms with E-state index in [1.165, 1.54) is 11.8 Å². The Morgan fingerprint density at radius 3 is 2.44 bits per heavy atom. The number of benzene rings is 2. The summed E-state index contributed by atoms with van der Waals surface area (Å²) in [4.78, 5) is 26.0. The maximum absolute atomic E-state index is 12.5. The fraction of sp³-hybridized carbons (Fsp3) is 0.300. The van der Waals surface area contributed by atoms with Crippen molar-refractivity contribution >= 4 is 17.5 Å². The summed E-state index contributed by atoms with van der Waals surface area (Å²) in [5, 5.41) is 2.93. The Labute approximate surface area is 148 Å². The number of aryl methyl sites for hydroxylation is 1. The van der Waals surface area contributed by atoms with Crippen LogP contribution in [0, 0.1) is 6.92 Å². The van der Waals surface area contributed by atoms with E-state index in [1.807, 2.05) is 56.3 Å². The third kappa shape index (κ3) is 4.83. The van der Waals surface area contributed by atoms with Gasteiger partial charge in [-0.3, -0.25) is 14.5 Å². The van der Waals surface area contributed by atoms with Crippen molar-refractivity contribution in [3.8, 4) is 5.75 Å². The van der Waals surface area contributed by atoms with Crippen molar-refractivity contribution in [3.05, 3.63) is 59.7 Å². The lowest BCUT2D eigenvalue weighted by atomic mass is 10.1. The quantitative estimate of drug-likeness (QED) is 0.878. The fourth-order valence-electron chi connectivity index (χ4n) is 2.63. The number of nitrogens with one attached hydrogen (secondary N) is 1. The molecule has 0 saturated heterocycles. The summed E-state index contributed by atoms with van der Waals surface area (Å²) in [6.45, 7) is 5.22. The molecule has 0 aliphatic heterocycles. The van der Waals surface area contributed by atoms with Gasteiger partial charge in [-0.1, -0.05) is 36.4 Å². The van der Waals surface area contributed by atoms with Crippen LogP contribution in [-0.2, 0) is 9.59 Å². The second kappa shape index (κ2) is 8.33. The Morgan fingerprint density at radius 1 is 1.16 bits per heavy atom. The van der Waals surface area contributed by atoms with Crippen LogP contribution in [0.2, 0.25) is 0 Å². The number of nitrogens with zero attached hydrogens (tertiary/aromatic N) is 1. The van der Waals surface area contributed by atoms with Crippen molar-refractivity contribution in [2.75, 3.05) is 18.6 Å². The first kappa shape index (κ1) is 18.5. The van der Waals surface area contributed by atoms with Crippen molar-refractivity contribution in [1.82, 2.24) is 5.32 Å². The zero-order valence-corrected chi connectivity index (χ0v) is 15.1. The molecule has 2 aromatic rings. The summed E-state index contributed by atoms with van der Waals surface area (Å²) in [7, 11) is 1.55. The number of methoxy groups -OCH3 is 1. The van der Waals surface area contributed by atoms with E-state index in [-0.39, 0.29) is 24.4 Å². The third-order valence-electron chi connectivity index (χ3n) is 3.98. The normalized spacial score (nSPS) is 11.5. The standard InChI is InChI=1S/C20H24N2O3/c1-14-10-11-19(25-4)18(12-14)22(16(3)23)13-20(24)21-15(2)17-8-6-5-7-9-17/h5-12,15H,13H2,1-4H3,(H,21,24). The van der Waals surface area contributed by atoms with Gasteiger partial charge in [-0.05, 0) is 37.1 Å². The Morgan fingerprint density at radius 2 is 1.84 bits per heavy atom. The highest BCUT2D eigenvalue weighted by atomic mass is 16.5. The second-order valence-corrected chi connectivity index (χ2v) is 5.98. The molecular formula is C20H24N2O3. The molecule has 1 unspecified atom stereocenters. The topological polar surface area (TPSA) is 58.6 Å². The molecule has 132 valence electrons. The molecule has 5 nitrogen and oxygen atoms in total. The predicted molar refractivity (Wildman–Crippen MR) is 98.8 cm³/mol. The molecule has 0 radical (unpaired) electrons. The third-order valence-corrected chi connectivity index (χ3v) is 3.98. The van der Waals surface area contributed by atoms with Crippen LogP contribution in [0.1, 0.15) is 31.0 Å². The highest BCUT2D eigenvalue weighted by Crippen LogP contribution is 2.29. The monoisotopic (exact) mass is 340 g/mol. The molecule has 0 fully saturated rings. The van der Waals surface area contributed by atoms with E-state index < -0.39 is 0 Å². The van der Waals surface area contributed by atoms with Gasteiger partial charge in [0.05, 0.1) is 18.8 Å². The molecule has 25 heavy (non-hydrogen) atoms. The van der Waals surface area contributed by atoms with Crippen LogP contribution in [-0.4, -0.2) is 25.5 Å². The first-order valence-electron chi connectivity index (χ1n) is 8.19. The van der Waals surface area contributed by atoms with Gasteiger partial charge in [0.25, 0.3) is 0 Å². The number of anilines is 1. The molecule has 0 heterocycles. The van der Waals surface area contributed by atoms with Gasteiger partial charge in [-0.25, -0.2) is 0 Å². The van der Waals surface area contributed by atoms with Gasteiger partial charge in [0.15, 0.2) is 0 Å². The molecule has 2 aromatic carbocycles. The van der Waals surface area contributed by atoms with Crippen LogP contribution in [0.4, 0.5) is 5.69 Å². The first-order valence-corrected chi connectivity index (χ1v) is 8.19. The first-order chi connectivity index (χ1) is 11.9. The highest BCUT2D eigenvalue weighted by molar-refractivity contribution is 5.98. The summed E-state index contributed by atoms with van der Waals surface area (Å²) in [6, 6.07) is 15.1. The van der Waals surface area contributed by atoms with Gasteiger partial charge in [0.2, 0.25) is 11.8 Å². The molecule has 0 spiro atoms. The Bertz CT molecular complexity index is 744. The van der Waals surface area contributed by atoms with E-state index in [4.69, 9.17) is 4.74 Å². The molecule has 1 N–H and O–H groups in total. The van der Waals surface area contributed by atoms with E-state index in [1.54, 1.807) is 13.2 Å². The van der Waals surface area contributed by atoms with Crippen LogP contribution in [0.3, 0.4) is 0 Å². The summed E-state index contributed by atoms with van der Waals surface area (Å²) in [5.41, 5.74) is 2.59. The average molecular weight is 340 g/mol. The van der Waals surface area contributed by atoms with E-state index in [2.05, 4.69) is 5.32 Å². The molecule has 0 saturated carbocycles. The summed E-state index contributed by atoms with van der Waals surface area (Å²) in [6.07, 6.45) is 0. The largest absolute Gasteiger partial charge is 0.495 e. The summed E-state index contributed by atoms with van der Waals surface area (Å²) < 4.78 is 5.34. The van der Waals surface area contributed by atoms with E-state index >= 15 is 0 Å². The maximum atomic E-state index is 12.5. The van der Waals surface area contributed by atoms with Crippen molar-refractivity contribution in [2.24, 2.45) is 0 Å². The van der Waals surface area contributed by atoms with Crippen LogP contribution in [0.5, 0.6) is 5.75 Å². The van der Waals surface area contributed by atoms with Crippen molar-refractivity contribution < 1.29 is 14.3 Å². The molecule has 0 aromatic heterocycles. The lowest BCUT2D eigenvalue weighted by molar-refractivity contribution is -0.123. The Balaban J connectivity index is 2.15. The minimum atomic E-state index is -0.227. The minimum absolute atomic E-state index is 0.0632. The minimum Gasteiger partial charge on any atom is -0.495 e. The van der Waals surface area contributed by atoms with E-state index in [0.717, 1.165) is 11.1 Å². The molecule has 0 aliphatic carbocycles. The fourth-order valence-corrected chi connectivity index (χ4v) is 2.63. The lowest BCUT2D eigenvalue weighted by Gasteiger charge is -2.24. The number of amides is 2. The molecule has 2 rings (SSSR count). The van der Waals surface area contributed by atoms with Crippen molar-refractivity contribution in [2.45, 2.75) is 26.8 Å². The zero-order valence-electron chi connectivity index (χ0n) is 15.1. The molecular weight excluding hydrogens is 316 g/mol. The SMILES string of the molecule is COc1ccc(C)cc1N(CC(=O)NC(C)c1ccccc1)C(C)=O. The number of carbonyl (C=O) groups excluding carboxylic acids is 2. The van der Waals surface area contributed by atoms with E-state index in [0.29, 0.717) is 11.4 Å². The Kier molecular flexibility index (Phi) is 6.17. The maximum Gasteiger partial charge on any atom is 0.240 e. The molecule has 0 aliphatic rings. The zero-order chi connectivity index (χ0) is 18.4. The van der Waals surface area contributed by atoms with Gasteiger partial charge >= 0.3 is 0 Å². The van der Waals surface area contributed by atoms with E-state index in [9.17, 15) is 9.59 Å². The van der Waals surface area contributed by atoms with Crippen molar-refractivity contribution in [3.63, 3.8) is 0 Å². The number of carbonyl (C=O) groups is 2. The average Bonchev–Trinajstić information content (AvgIpc) is 2.60. The lowest BCUT2D eigenvalue weighted by Crippen LogP contribution is -2.40. The molecule has 2 amide bonds.